The third-order valence-electron chi connectivity index (χ3n) is 5.21. The number of ether oxygens (including phenoxy) is 1. The lowest BCUT2D eigenvalue weighted by atomic mass is 9.49. The van der Waals surface area contributed by atoms with Gasteiger partial charge in [-0.2, -0.15) is 5.26 Å². The maximum absolute atomic E-state index is 11.4. The van der Waals surface area contributed by atoms with Crippen LogP contribution in [0.15, 0.2) is 0 Å². The van der Waals surface area contributed by atoms with Gasteiger partial charge in [0.1, 0.15) is 5.60 Å². The summed E-state index contributed by atoms with van der Waals surface area (Å²) in [5, 5.41) is 9.09. The Hall–Kier alpha value is -1.04. The summed E-state index contributed by atoms with van der Waals surface area (Å²) in [5.74, 6) is 2.34. The summed E-state index contributed by atoms with van der Waals surface area (Å²) in [6.07, 6.45) is 6.44. The quantitative estimate of drug-likeness (QED) is 0.689. The second kappa shape index (κ2) is 3.73. The summed E-state index contributed by atoms with van der Waals surface area (Å²) in [7, 11) is 0. The van der Waals surface area contributed by atoms with E-state index < -0.39 is 5.60 Å². The maximum Gasteiger partial charge on any atom is 0.303 e. The van der Waals surface area contributed by atoms with Crippen LogP contribution in [-0.4, -0.2) is 11.6 Å². The first kappa shape index (κ1) is 11.1. The number of hydrogen-bond donors (Lipinski definition) is 0. The van der Waals surface area contributed by atoms with Crippen LogP contribution in [0.1, 0.15) is 45.4 Å². The highest BCUT2D eigenvalue weighted by molar-refractivity contribution is 5.66. The fourth-order valence-electron chi connectivity index (χ4n) is 4.86. The van der Waals surface area contributed by atoms with Gasteiger partial charge in [-0.05, 0) is 43.9 Å². The van der Waals surface area contributed by atoms with Crippen LogP contribution < -0.4 is 0 Å². The van der Waals surface area contributed by atoms with Gasteiger partial charge in [0.15, 0.2) is 0 Å². The van der Waals surface area contributed by atoms with Crippen LogP contribution in [-0.2, 0) is 9.53 Å². The monoisotopic (exact) mass is 233 g/mol. The Kier molecular flexibility index (Phi) is 2.43. The van der Waals surface area contributed by atoms with Crippen molar-refractivity contribution in [2.45, 2.75) is 51.0 Å². The normalized spacial score (nSPS) is 46.6. The molecular formula is C14H19NO2. The molecule has 4 bridgehead atoms. The van der Waals surface area contributed by atoms with Crippen molar-refractivity contribution < 1.29 is 9.53 Å². The molecule has 0 unspecified atom stereocenters. The van der Waals surface area contributed by atoms with E-state index in [9.17, 15) is 4.79 Å². The first-order valence-corrected chi connectivity index (χ1v) is 6.70. The van der Waals surface area contributed by atoms with E-state index in [0.717, 1.165) is 11.8 Å². The molecule has 4 fully saturated rings. The molecule has 0 aliphatic heterocycles. The number of rotatable bonds is 2. The van der Waals surface area contributed by atoms with Crippen molar-refractivity contribution in [3.8, 4) is 6.07 Å². The van der Waals surface area contributed by atoms with Gasteiger partial charge in [-0.1, -0.05) is 0 Å². The number of carbonyl (C=O) groups excluding carboxylic acids is 1. The lowest BCUT2D eigenvalue weighted by Crippen LogP contribution is -2.59. The predicted octanol–water partition coefficient (Wildman–Crippen LogP) is 2.66. The lowest BCUT2D eigenvalue weighted by molar-refractivity contribution is -0.206. The summed E-state index contributed by atoms with van der Waals surface area (Å²) in [5.41, 5.74) is -0.437. The molecule has 0 aromatic rings. The van der Waals surface area contributed by atoms with Crippen molar-refractivity contribution in [3.05, 3.63) is 0 Å². The Balaban J connectivity index is 1.93. The van der Waals surface area contributed by atoms with Gasteiger partial charge in [0.2, 0.25) is 0 Å². The van der Waals surface area contributed by atoms with E-state index in [1.54, 1.807) is 0 Å². The van der Waals surface area contributed by atoms with Crippen molar-refractivity contribution in [2.24, 2.45) is 23.7 Å². The molecule has 4 rings (SSSR count). The van der Waals surface area contributed by atoms with Crippen LogP contribution in [0.2, 0.25) is 0 Å². The minimum Gasteiger partial charge on any atom is -0.458 e. The van der Waals surface area contributed by atoms with Gasteiger partial charge in [0, 0.05) is 18.8 Å². The number of esters is 1. The molecule has 0 atom stereocenters. The van der Waals surface area contributed by atoms with Crippen LogP contribution in [0.4, 0.5) is 0 Å². The van der Waals surface area contributed by atoms with Crippen molar-refractivity contribution >= 4 is 5.97 Å². The van der Waals surface area contributed by atoms with Gasteiger partial charge < -0.3 is 4.74 Å². The summed E-state index contributed by atoms with van der Waals surface area (Å²) in [6.45, 7) is 1.48. The molecule has 0 amide bonds. The van der Waals surface area contributed by atoms with E-state index in [4.69, 9.17) is 10.00 Å². The van der Waals surface area contributed by atoms with E-state index in [1.165, 1.54) is 39.0 Å². The SMILES string of the molecule is CC(=O)OC1(CC#N)C2CC3CC(C2)CC1C3. The maximum atomic E-state index is 11.4. The van der Waals surface area contributed by atoms with E-state index in [0.29, 0.717) is 18.3 Å². The zero-order chi connectivity index (χ0) is 12.0. The van der Waals surface area contributed by atoms with Gasteiger partial charge in [-0.3, -0.25) is 4.79 Å². The molecular weight excluding hydrogens is 214 g/mol. The number of hydrogen-bond acceptors (Lipinski definition) is 3. The number of nitrogens with zero attached hydrogens (tertiary/aromatic N) is 1. The molecule has 0 aromatic heterocycles. The van der Waals surface area contributed by atoms with Crippen LogP contribution in [0.25, 0.3) is 0 Å². The molecule has 0 saturated heterocycles. The van der Waals surface area contributed by atoms with E-state index in [-0.39, 0.29) is 5.97 Å². The van der Waals surface area contributed by atoms with Crippen molar-refractivity contribution in [1.29, 1.82) is 5.26 Å². The average molecular weight is 233 g/mol. The number of nitriles is 1. The second-order valence-electron chi connectivity index (χ2n) is 6.19. The number of carbonyl (C=O) groups is 1. The zero-order valence-electron chi connectivity index (χ0n) is 10.3. The Morgan fingerprint density at radius 2 is 1.76 bits per heavy atom. The minimum atomic E-state index is -0.437. The molecule has 3 heteroatoms. The molecule has 17 heavy (non-hydrogen) atoms. The van der Waals surface area contributed by atoms with Gasteiger partial charge in [0.05, 0.1) is 12.5 Å². The topological polar surface area (TPSA) is 50.1 Å². The molecule has 0 aromatic carbocycles. The van der Waals surface area contributed by atoms with Crippen LogP contribution in [0, 0.1) is 35.0 Å². The van der Waals surface area contributed by atoms with E-state index >= 15 is 0 Å². The van der Waals surface area contributed by atoms with Gasteiger partial charge >= 0.3 is 5.97 Å². The van der Waals surface area contributed by atoms with E-state index in [1.807, 2.05) is 0 Å². The van der Waals surface area contributed by atoms with Gasteiger partial charge in [-0.15, -0.1) is 0 Å². The molecule has 0 radical (unpaired) electrons. The van der Waals surface area contributed by atoms with Crippen molar-refractivity contribution in [2.75, 3.05) is 0 Å². The Bertz CT molecular complexity index is 354. The second-order valence-corrected chi connectivity index (χ2v) is 6.19. The third-order valence-corrected chi connectivity index (χ3v) is 5.21. The minimum absolute atomic E-state index is 0.215. The summed E-state index contributed by atoms with van der Waals surface area (Å²) in [4.78, 5) is 11.4. The highest BCUT2D eigenvalue weighted by atomic mass is 16.6. The fraction of sp³-hybridized carbons (Fsp3) is 0.857. The molecule has 3 nitrogen and oxygen atoms in total. The summed E-state index contributed by atoms with van der Waals surface area (Å²) >= 11 is 0. The first-order valence-electron chi connectivity index (χ1n) is 6.70. The first-order chi connectivity index (χ1) is 8.14. The summed E-state index contributed by atoms with van der Waals surface area (Å²) < 4.78 is 5.69. The zero-order valence-corrected chi connectivity index (χ0v) is 10.3. The predicted molar refractivity (Wildman–Crippen MR) is 61.8 cm³/mol. The molecule has 0 heterocycles. The molecule has 0 spiro atoms. The average Bonchev–Trinajstić information content (AvgIpc) is 2.24. The van der Waals surface area contributed by atoms with Gasteiger partial charge in [-0.25, -0.2) is 0 Å². The molecule has 4 saturated carbocycles. The highest BCUT2D eigenvalue weighted by Crippen LogP contribution is 2.60. The molecule has 0 N–H and O–H groups in total. The van der Waals surface area contributed by atoms with Crippen molar-refractivity contribution in [3.63, 3.8) is 0 Å². The lowest BCUT2D eigenvalue weighted by Gasteiger charge is -2.59. The van der Waals surface area contributed by atoms with Crippen LogP contribution in [0.3, 0.4) is 0 Å². The van der Waals surface area contributed by atoms with Gasteiger partial charge in [0.25, 0.3) is 0 Å². The Labute approximate surface area is 102 Å². The highest BCUT2D eigenvalue weighted by Gasteiger charge is 2.59. The Morgan fingerprint density at radius 3 is 2.18 bits per heavy atom. The summed E-state index contributed by atoms with van der Waals surface area (Å²) in [6, 6.07) is 2.26. The fourth-order valence-corrected chi connectivity index (χ4v) is 4.86. The van der Waals surface area contributed by atoms with Crippen molar-refractivity contribution in [1.82, 2.24) is 0 Å². The third kappa shape index (κ3) is 1.57. The standard InChI is InChI=1S/C14H19NO2/c1-9(16)17-14(2-3-15)12-5-10-4-11(7-12)8-13(14)6-10/h10-13H,2,4-8H2,1H3. The molecule has 92 valence electrons. The largest absolute Gasteiger partial charge is 0.458 e. The van der Waals surface area contributed by atoms with Crippen LogP contribution in [0.5, 0.6) is 0 Å². The van der Waals surface area contributed by atoms with E-state index in [2.05, 4.69) is 6.07 Å². The molecule has 4 aliphatic rings. The molecule has 4 aliphatic carbocycles. The van der Waals surface area contributed by atoms with Crippen LogP contribution >= 0.6 is 0 Å². The Morgan fingerprint density at radius 1 is 1.24 bits per heavy atom. The smallest absolute Gasteiger partial charge is 0.303 e.